The Hall–Kier alpha value is -0.240. The maximum Gasteiger partial charge on any atom is 0.0468 e. The van der Waals surface area contributed by atoms with E-state index in [9.17, 15) is 0 Å². The van der Waals surface area contributed by atoms with E-state index in [1.807, 2.05) is 18.2 Å². The summed E-state index contributed by atoms with van der Waals surface area (Å²) in [6.45, 7) is 0.701. The van der Waals surface area contributed by atoms with E-state index in [1.54, 1.807) is 7.11 Å². The van der Waals surface area contributed by atoms with Crippen LogP contribution in [0.3, 0.4) is 0 Å². The predicted octanol–water partition coefficient (Wildman–Crippen LogP) is 3.73. The Balaban J connectivity index is 2.70. The van der Waals surface area contributed by atoms with Gasteiger partial charge in [0.1, 0.15) is 0 Å². The molecule has 3 heteroatoms. The predicted molar refractivity (Wildman–Crippen MR) is 70.5 cm³/mol. The minimum atomic E-state index is -0.0551. The van der Waals surface area contributed by atoms with Crippen LogP contribution in [0.4, 0.5) is 0 Å². The highest BCUT2D eigenvalue weighted by atomic mass is 35.5. The van der Waals surface area contributed by atoms with E-state index < -0.39 is 0 Å². The molecule has 0 N–H and O–H groups in total. The van der Waals surface area contributed by atoms with Crippen molar-refractivity contribution in [3.8, 4) is 0 Å². The molecule has 1 aromatic carbocycles. The van der Waals surface area contributed by atoms with Gasteiger partial charge in [0.2, 0.25) is 0 Å². The minimum Gasteiger partial charge on any atom is -0.385 e. The Morgan fingerprint density at radius 3 is 2.25 bits per heavy atom. The first kappa shape index (κ1) is 13.8. The number of methoxy groups -OCH3 is 1. The second-order valence-corrected chi connectivity index (χ2v) is 4.71. The lowest BCUT2D eigenvalue weighted by Crippen LogP contribution is -2.29. The maximum atomic E-state index is 6.07. The van der Waals surface area contributed by atoms with Crippen LogP contribution in [0.25, 0.3) is 0 Å². The van der Waals surface area contributed by atoms with Crippen molar-refractivity contribution in [2.75, 3.05) is 25.5 Å². The molecular weight excluding hydrogens is 243 g/mol. The first-order chi connectivity index (χ1) is 7.76. The van der Waals surface area contributed by atoms with Crippen molar-refractivity contribution < 1.29 is 4.74 Å². The van der Waals surface area contributed by atoms with E-state index in [2.05, 4.69) is 12.1 Å². The monoisotopic (exact) mass is 260 g/mol. The average Bonchev–Trinajstić information content (AvgIpc) is 2.36. The fourth-order valence-corrected chi connectivity index (χ4v) is 2.44. The lowest BCUT2D eigenvalue weighted by Gasteiger charge is -2.29. The number of alkyl halides is 2. The van der Waals surface area contributed by atoms with Crippen LogP contribution >= 0.6 is 23.2 Å². The normalized spacial score (nSPS) is 11.7. The van der Waals surface area contributed by atoms with Crippen molar-refractivity contribution >= 4 is 23.2 Å². The second-order valence-electron chi connectivity index (χ2n) is 4.17. The van der Waals surface area contributed by atoms with Gasteiger partial charge in [-0.25, -0.2) is 0 Å². The Labute approximate surface area is 108 Å². The van der Waals surface area contributed by atoms with Gasteiger partial charge in [-0.2, -0.15) is 0 Å². The highest BCUT2D eigenvalue weighted by Gasteiger charge is 2.28. The van der Waals surface area contributed by atoms with Crippen LogP contribution in [0.2, 0.25) is 0 Å². The molecule has 0 spiro atoms. The van der Waals surface area contributed by atoms with E-state index in [-0.39, 0.29) is 5.41 Å². The zero-order chi connectivity index (χ0) is 11.9. The third-order valence-electron chi connectivity index (χ3n) is 2.83. The second kappa shape index (κ2) is 7.16. The van der Waals surface area contributed by atoms with Gasteiger partial charge in [0, 0.05) is 30.9 Å². The summed E-state index contributed by atoms with van der Waals surface area (Å²) in [5.74, 6) is 1.13. The first-order valence-corrected chi connectivity index (χ1v) is 6.48. The molecule has 0 aliphatic heterocycles. The number of halogens is 2. The first-order valence-electron chi connectivity index (χ1n) is 5.41. The van der Waals surface area contributed by atoms with Crippen molar-refractivity contribution in [1.82, 2.24) is 0 Å². The molecule has 0 heterocycles. The Bertz CT molecular complexity index is 283. The molecule has 1 rings (SSSR count). The largest absolute Gasteiger partial charge is 0.385 e. The van der Waals surface area contributed by atoms with E-state index in [0.717, 1.165) is 12.8 Å². The molecule has 0 amide bonds. The summed E-state index contributed by atoms with van der Waals surface area (Å²) in [5, 5.41) is 0. The summed E-state index contributed by atoms with van der Waals surface area (Å²) in [7, 11) is 1.70. The summed E-state index contributed by atoms with van der Waals surface area (Å²) in [6, 6.07) is 10.3. The summed E-state index contributed by atoms with van der Waals surface area (Å²) >= 11 is 12.1. The lowest BCUT2D eigenvalue weighted by molar-refractivity contribution is 0.154. The zero-order valence-corrected chi connectivity index (χ0v) is 11.1. The standard InChI is InChI=1S/C13H18Cl2O/c1-16-8-7-13(10-14,11-15)9-12-5-3-2-4-6-12/h2-6H,7-11H2,1H3. The minimum absolute atomic E-state index is 0.0551. The fourth-order valence-electron chi connectivity index (χ4n) is 1.70. The van der Waals surface area contributed by atoms with Crippen LogP contribution in [0.1, 0.15) is 12.0 Å². The Morgan fingerprint density at radius 2 is 1.75 bits per heavy atom. The third kappa shape index (κ3) is 3.97. The van der Waals surface area contributed by atoms with Crippen LogP contribution < -0.4 is 0 Å². The number of rotatable bonds is 7. The van der Waals surface area contributed by atoms with Gasteiger partial charge in [-0.3, -0.25) is 0 Å². The van der Waals surface area contributed by atoms with Gasteiger partial charge >= 0.3 is 0 Å². The molecular formula is C13H18Cl2O. The molecule has 1 aromatic rings. The molecule has 90 valence electrons. The molecule has 0 saturated heterocycles. The van der Waals surface area contributed by atoms with Gasteiger partial charge in [0.25, 0.3) is 0 Å². The molecule has 0 aliphatic rings. The number of benzene rings is 1. The van der Waals surface area contributed by atoms with Crippen LogP contribution in [-0.2, 0) is 11.2 Å². The number of hydrogen-bond acceptors (Lipinski definition) is 1. The fraction of sp³-hybridized carbons (Fsp3) is 0.538. The third-order valence-corrected chi connectivity index (χ3v) is 3.96. The van der Waals surface area contributed by atoms with Gasteiger partial charge in [0.15, 0.2) is 0 Å². The highest BCUT2D eigenvalue weighted by molar-refractivity contribution is 6.21. The van der Waals surface area contributed by atoms with Crippen LogP contribution in [0, 0.1) is 5.41 Å². The number of ether oxygens (including phenoxy) is 1. The molecule has 0 bridgehead atoms. The topological polar surface area (TPSA) is 9.23 Å². The summed E-state index contributed by atoms with van der Waals surface area (Å²) < 4.78 is 5.12. The van der Waals surface area contributed by atoms with E-state index in [1.165, 1.54) is 5.56 Å². The van der Waals surface area contributed by atoms with Crippen LogP contribution in [-0.4, -0.2) is 25.5 Å². The summed E-state index contributed by atoms with van der Waals surface area (Å²) in [6.07, 6.45) is 1.80. The highest BCUT2D eigenvalue weighted by Crippen LogP contribution is 2.30. The molecule has 0 atom stereocenters. The van der Waals surface area contributed by atoms with Crippen molar-refractivity contribution in [2.45, 2.75) is 12.8 Å². The van der Waals surface area contributed by atoms with Gasteiger partial charge in [0.05, 0.1) is 0 Å². The quantitative estimate of drug-likeness (QED) is 0.679. The molecule has 0 saturated carbocycles. The summed E-state index contributed by atoms with van der Waals surface area (Å²) in [5.41, 5.74) is 1.22. The molecule has 0 radical (unpaired) electrons. The molecule has 1 nitrogen and oxygen atoms in total. The molecule has 0 aromatic heterocycles. The van der Waals surface area contributed by atoms with Crippen molar-refractivity contribution in [2.24, 2.45) is 5.41 Å². The SMILES string of the molecule is COCCC(CCl)(CCl)Cc1ccccc1. The zero-order valence-electron chi connectivity index (χ0n) is 9.59. The van der Waals surface area contributed by atoms with E-state index in [0.29, 0.717) is 18.4 Å². The van der Waals surface area contributed by atoms with Crippen molar-refractivity contribution in [1.29, 1.82) is 0 Å². The molecule has 0 aliphatic carbocycles. The lowest BCUT2D eigenvalue weighted by atomic mass is 9.82. The molecule has 0 fully saturated rings. The van der Waals surface area contributed by atoms with E-state index in [4.69, 9.17) is 27.9 Å². The van der Waals surface area contributed by atoms with Gasteiger partial charge in [-0.15, -0.1) is 23.2 Å². The Morgan fingerprint density at radius 1 is 1.12 bits per heavy atom. The maximum absolute atomic E-state index is 6.07. The van der Waals surface area contributed by atoms with E-state index >= 15 is 0 Å². The van der Waals surface area contributed by atoms with Gasteiger partial charge in [-0.1, -0.05) is 30.3 Å². The molecule has 0 unspecified atom stereocenters. The smallest absolute Gasteiger partial charge is 0.0468 e. The van der Waals surface area contributed by atoms with Crippen molar-refractivity contribution in [3.63, 3.8) is 0 Å². The average molecular weight is 261 g/mol. The van der Waals surface area contributed by atoms with Crippen LogP contribution in [0.15, 0.2) is 30.3 Å². The van der Waals surface area contributed by atoms with Gasteiger partial charge in [-0.05, 0) is 18.4 Å². The molecule has 16 heavy (non-hydrogen) atoms. The number of hydrogen-bond donors (Lipinski definition) is 0. The van der Waals surface area contributed by atoms with Crippen LogP contribution in [0.5, 0.6) is 0 Å². The summed E-state index contributed by atoms with van der Waals surface area (Å²) in [4.78, 5) is 0. The Kier molecular flexibility index (Phi) is 6.18. The van der Waals surface area contributed by atoms with Gasteiger partial charge < -0.3 is 4.74 Å². The van der Waals surface area contributed by atoms with Crippen molar-refractivity contribution in [3.05, 3.63) is 35.9 Å².